The van der Waals surface area contributed by atoms with Crippen molar-refractivity contribution in [1.82, 2.24) is 5.32 Å². The second-order valence-electron chi connectivity index (χ2n) is 4.07. The Hall–Kier alpha value is -2.08. The fourth-order valence-corrected chi connectivity index (χ4v) is 1.46. The zero-order valence-electron chi connectivity index (χ0n) is 10.6. The van der Waals surface area contributed by atoms with Crippen molar-refractivity contribution in [3.05, 3.63) is 35.9 Å². The van der Waals surface area contributed by atoms with Crippen molar-refractivity contribution >= 4 is 12.1 Å². The Morgan fingerprint density at radius 3 is 2.47 bits per heavy atom. The van der Waals surface area contributed by atoms with E-state index in [9.17, 15) is 14.7 Å². The number of aliphatic hydroxyl groups is 1. The molecule has 0 saturated heterocycles. The van der Waals surface area contributed by atoms with Crippen LogP contribution >= 0.6 is 0 Å². The molecule has 0 fully saturated rings. The van der Waals surface area contributed by atoms with Gasteiger partial charge in [-0.3, -0.25) is 0 Å². The number of aliphatic carboxylic acids is 1. The highest BCUT2D eigenvalue weighted by atomic mass is 16.5. The lowest BCUT2D eigenvalue weighted by Gasteiger charge is -2.16. The van der Waals surface area contributed by atoms with E-state index in [1.165, 1.54) is 6.92 Å². The molecule has 0 bridgehead atoms. The van der Waals surface area contributed by atoms with E-state index in [0.29, 0.717) is 6.42 Å². The molecule has 6 heteroatoms. The molecule has 104 valence electrons. The first-order valence-corrected chi connectivity index (χ1v) is 5.89. The van der Waals surface area contributed by atoms with Crippen LogP contribution in [0.5, 0.6) is 0 Å². The van der Waals surface area contributed by atoms with Gasteiger partial charge in [0.2, 0.25) is 0 Å². The monoisotopic (exact) mass is 267 g/mol. The van der Waals surface area contributed by atoms with Gasteiger partial charge in [0, 0.05) is 6.42 Å². The molecular formula is C13H17NO5. The van der Waals surface area contributed by atoms with Crippen molar-refractivity contribution in [2.45, 2.75) is 25.5 Å². The van der Waals surface area contributed by atoms with Crippen LogP contribution in [0.1, 0.15) is 12.5 Å². The number of nitrogens with one attached hydrogen (secondary N) is 1. The molecule has 0 aliphatic carbocycles. The summed E-state index contributed by atoms with van der Waals surface area (Å²) in [5.41, 5.74) is 1.01. The number of benzene rings is 1. The normalized spacial score (nSPS) is 13.4. The Morgan fingerprint density at radius 2 is 1.95 bits per heavy atom. The first kappa shape index (κ1) is 15.0. The summed E-state index contributed by atoms with van der Waals surface area (Å²) in [5, 5.41) is 20.0. The minimum Gasteiger partial charge on any atom is -0.480 e. The van der Waals surface area contributed by atoms with Crippen molar-refractivity contribution in [3.8, 4) is 0 Å². The molecule has 0 saturated carbocycles. The van der Waals surface area contributed by atoms with Gasteiger partial charge in [-0.1, -0.05) is 30.3 Å². The number of carboxylic acids is 1. The quantitative estimate of drug-likeness (QED) is 0.708. The van der Waals surface area contributed by atoms with Crippen molar-refractivity contribution in [3.63, 3.8) is 0 Å². The standard InChI is InChI=1S/C13H17NO5/c1-9(15)11(12(16)17)14-13(18)19-8-7-10-5-3-2-4-6-10/h2-6,9,11,15H,7-8H2,1H3,(H,14,18)(H,16,17)/t9-,11+/m0/s1. The van der Waals surface area contributed by atoms with Crippen LogP contribution in [-0.4, -0.2) is 41.0 Å². The highest BCUT2D eigenvalue weighted by Crippen LogP contribution is 2.00. The maximum atomic E-state index is 11.3. The largest absolute Gasteiger partial charge is 0.480 e. The predicted molar refractivity (Wildman–Crippen MR) is 67.7 cm³/mol. The highest BCUT2D eigenvalue weighted by molar-refractivity contribution is 5.80. The van der Waals surface area contributed by atoms with Gasteiger partial charge in [-0.15, -0.1) is 0 Å². The summed E-state index contributed by atoms with van der Waals surface area (Å²) < 4.78 is 4.85. The maximum absolute atomic E-state index is 11.3. The summed E-state index contributed by atoms with van der Waals surface area (Å²) in [6.45, 7) is 1.42. The third-order valence-corrected chi connectivity index (χ3v) is 2.49. The molecule has 0 heterocycles. The number of aliphatic hydroxyl groups excluding tert-OH is 1. The Bertz CT molecular complexity index is 418. The van der Waals surface area contributed by atoms with Gasteiger partial charge in [0.25, 0.3) is 0 Å². The van der Waals surface area contributed by atoms with Crippen LogP contribution in [0.4, 0.5) is 4.79 Å². The van der Waals surface area contributed by atoms with Crippen LogP contribution in [0.25, 0.3) is 0 Å². The van der Waals surface area contributed by atoms with Crippen LogP contribution in [0.2, 0.25) is 0 Å². The number of carbonyl (C=O) groups is 2. The van der Waals surface area contributed by atoms with Crippen LogP contribution < -0.4 is 5.32 Å². The molecule has 0 spiro atoms. The number of carbonyl (C=O) groups excluding carboxylic acids is 1. The average molecular weight is 267 g/mol. The molecule has 19 heavy (non-hydrogen) atoms. The van der Waals surface area contributed by atoms with Gasteiger partial charge in [-0.05, 0) is 12.5 Å². The highest BCUT2D eigenvalue weighted by Gasteiger charge is 2.25. The molecule has 1 aromatic carbocycles. The first-order valence-electron chi connectivity index (χ1n) is 5.89. The summed E-state index contributed by atoms with van der Waals surface area (Å²) in [7, 11) is 0. The number of ether oxygens (including phenoxy) is 1. The SMILES string of the molecule is C[C@H](O)[C@@H](NC(=O)OCCc1ccccc1)C(=O)O. The van der Waals surface area contributed by atoms with Gasteiger partial charge in [0.1, 0.15) is 0 Å². The smallest absolute Gasteiger partial charge is 0.407 e. The van der Waals surface area contributed by atoms with Crippen LogP contribution in [-0.2, 0) is 16.0 Å². The number of alkyl carbamates (subject to hydrolysis) is 1. The van der Waals surface area contributed by atoms with Gasteiger partial charge >= 0.3 is 12.1 Å². The van der Waals surface area contributed by atoms with E-state index in [1.54, 1.807) is 0 Å². The molecular weight excluding hydrogens is 250 g/mol. The lowest BCUT2D eigenvalue weighted by Crippen LogP contribution is -2.47. The summed E-state index contributed by atoms with van der Waals surface area (Å²) in [4.78, 5) is 22.1. The van der Waals surface area contributed by atoms with Crippen LogP contribution in [0.15, 0.2) is 30.3 Å². The summed E-state index contributed by atoms with van der Waals surface area (Å²) in [5.74, 6) is -1.31. The van der Waals surface area contributed by atoms with Gasteiger partial charge in [0.15, 0.2) is 6.04 Å². The van der Waals surface area contributed by atoms with Gasteiger partial charge in [0.05, 0.1) is 12.7 Å². The van der Waals surface area contributed by atoms with E-state index < -0.39 is 24.2 Å². The van der Waals surface area contributed by atoms with E-state index in [0.717, 1.165) is 5.56 Å². The Kier molecular flexibility index (Phi) is 5.81. The summed E-state index contributed by atoms with van der Waals surface area (Å²) >= 11 is 0. The molecule has 0 aromatic heterocycles. The lowest BCUT2D eigenvalue weighted by atomic mass is 10.2. The second kappa shape index (κ2) is 7.38. The minimum atomic E-state index is -1.37. The summed E-state index contributed by atoms with van der Waals surface area (Å²) in [6, 6.07) is 8.07. The molecule has 1 rings (SSSR count). The molecule has 6 nitrogen and oxygen atoms in total. The maximum Gasteiger partial charge on any atom is 0.407 e. The van der Waals surface area contributed by atoms with Gasteiger partial charge < -0.3 is 20.3 Å². The number of rotatable bonds is 6. The molecule has 0 unspecified atom stereocenters. The van der Waals surface area contributed by atoms with E-state index in [2.05, 4.69) is 5.32 Å². The van der Waals surface area contributed by atoms with Crippen molar-refractivity contribution in [2.24, 2.45) is 0 Å². The third kappa shape index (κ3) is 5.39. The van der Waals surface area contributed by atoms with E-state index in [-0.39, 0.29) is 6.61 Å². The molecule has 3 N–H and O–H groups in total. The van der Waals surface area contributed by atoms with Gasteiger partial charge in [-0.25, -0.2) is 9.59 Å². The second-order valence-corrected chi connectivity index (χ2v) is 4.07. The topological polar surface area (TPSA) is 95.9 Å². The van der Waals surface area contributed by atoms with E-state index in [1.807, 2.05) is 30.3 Å². The third-order valence-electron chi connectivity index (χ3n) is 2.49. The zero-order valence-corrected chi connectivity index (χ0v) is 10.6. The van der Waals surface area contributed by atoms with Crippen LogP contribution in [0.3, 0.4) is 0 Å². The number of hydrogen-bond donors (Lipinski definition) is 3. The van der Waals surface area contributed by atoms with Crippen molar-refractivity contribution < 1.29 is 24.5 Å². The number of hydrogen-bond acceptors (Lipinski definition) is 4. The Labute approximate surface area is 111 Å². The van der Waals surface area contributed by atoms with Crippen molar-refractivity contribution in [2.75, 3.05) is 6.61 Å². The lowest BCUT2D eigenvalue weighted by molar-refractivity contribution is -0.142. The fourth-order valence-electron chi connectivity index (χ4n) is 1.46. The van der Waals surface area contributed by atoms with Gasteiger partial charge in [-0.2, -0.15) is 0 Å². The molecule has 1 aromatic rings. The first-order chi connectivity index (χ1) is 9.00. The Balaban J connectivity index is 2.33. The molecule has 0 aliphatic heterocycles. The summed E-state index contributed by atoms with van der Waals surface area (Å²) in [6.07, 6.45) is -1.51. The van der Waals surface area contributed by atoms with E-state index >= 15 is 0 Å². The molecule has 2 atom stereocenters. The van der Waals surface area contributed by atoms with E-state index in [4.69, 9.17) is 9.84 Å². The predicted octanol–water partition coefficient (Wildman–Crippen LogP) is 0.789. The zero-order chi connectivity index (χ0) is 14.3. The minimum absolute atomic E-state index is 0.141. The molecule has 0 aliphatic rings. The fraction of sp³-hybridized carbons (Fsp3) is 0.385. The van der Waals surface area contributed by atoms with Crippen LogP contribution in [0, 0.1) is 0 Å². The number of carboxylic acid groups (broad SMARTS) is 1. The average Bonchev–Trinajstić information content (AvgIpc) is 2.36. The molecule has 0 radical (unpaired) electrons. The molecule has 1 amide bonds. The number of amides is 1. The Morgan fingerprint density at radius 1 is 1.32 bits per heavy atom. The van der Waals surface area contributed by atoms with Crippen molar-refractivity contribution in [1.29, 1.82) is 0 Å².